The predicted octanol–water partition coefficient (Wildman–Crippen LogP) is 4.21. The summed E-state index contributed by atoms with van der Waals surface area (Å²) in [5.74, 6) is -0.0504. The molecule has 23 heavy (non-hydrogen) atoms. The number of nitrogens with zero attached hydrogens (tertiary/aromatic N) is 1. The number of fused-ring (bicyclic) bond motifs is 1. The predicted molar refractivity (Wildman–Crippen MR) is 93.3 cm³/mol. The number of carbonyl (C=O) groups excluding carboxylic acids is 1. The van der Waals surface area contributed by atoms with E-state index in [1.165, 1.54) is 0 Å². The fraction of sp³-hybridized carbons (Fsp3) is 0.222. The van der Waals surface area contributed by atoms with Crippen LogP contribution in [0.1, 0.15) is 24.2 Å². The Bertz CT molecular complexity index is 778. The van der Waals surface area contributed by atoms with Gasteiger partial charge in [-0.25, -0.2) is 4.98 Å². The Kier molecular flexibility index (Phi) is 4.76. The number of halogens is 1. The van der Waals surface area contributed by atoms with Gasteiger partial charge in [-0.15, -0.1) is 0 Å². The summed E-state index contributed by atoms with van der Waals surface area (Å²) >= 11 is 3.42. The Morgan fingerprint density at radius 2 is 1.96 bits per heavy atom. The van der Waals surface area contributed by atoms with Crippen LogP contribution in [0.2, 0.25) is 0 Å². The molecular weight excluding hydrogens is 356 g/mol. The Balaban J connectivity index is 1.94. The lowest BCUT2D eigenvalue weighted by molar-refractivity contribution is -0.145. The quantitative estimate of drug-likeness (QED) is 0.682. The van der Waals surface area contributed by atoms with Gasteiger partial charge in [0.05, 0.1) is 17.6 Å². The summed E-state index contributed by atoms with van der Waals surface area (Å²) in [6.07, 6.45) is 0.548. The number of H-pyrrole nitrogens is 1. The number of para-hydroxylation sites is 2. The minimum absolute atomic E-state index is 0.255. The Morgan fingerprint density at radius 3 is 2.65 bits per heavy atom. The molecule has 0 aliphatic heterocycles. The lowest BCUT2D eigenvalue weighted by Gasteiger charge is -2.13. The van der Waals surface area contributed by atoms with Gasteiger partial charge in [0.25, 0.3) is 0 Å². The summed E-state index contributed by atoms with van der Waals surface area (Å²) in [6, 6.07) is 15.7. The first kappa shape index (κ1) is 15.7. The normalized spacial score (nSPS) is 12.3. The zero-order valence-electron chi connectivity index (χ0n) is 12.8. The molecule has 0 aliphatic carbocycles. The van der Waals surface area contributed by atoms with E-state index in [1.54, 1.807) is 0 Å². The van der Waals surface area contributed by atoms with Crippen LogP contribution in [-0.4, -0.2) is 22.5 Å². The number of imidazole rings is 1. The molecule has 1 atom stereocenters. The van der Waals surface area contributed by atoms with E-state index in [9.17, 15) is 4.79 Å². The van der Waals surface area contributed by atoms with Crippen molar-refractivity contribution in [1.82, 2.24) is 9.97 Å². The fourth-order valence-electron chi connectivity index (χ4n) is 2.53. The highest BCUT2D eigenvalue weighted by Crippen LogP contribution is 2.24. The molecule has 0 amide bonds. The molecule has 0 bridgehead atoms. The van der Waals surface area contributed by atoms with Gasteiger partial charge in [0.2, 0.25) is 0 Å². The van der Waals surface area contributed by atoms with Crippen molar-refractivity contribution in [3.63, 3.8) is 0 Å². The Hall–Kier alpha value is -2.14. The SMILES string of the molecule is CCOC(=O)[C@H](Cc1ccc(Br)cc1)c1nc2ccccc2[nH]1. The second kappa shape index (κ2) is 6.96. The first-order valence-electron chi connectivity index (χ1n) is 7.53. The molecule has 1 aromatic heterocycles. The van der Waals surface area contributed by atoms with E-state index in [-0.39, 0.29) is 5.97 Å². The molecule has 0 saturated carbocycles. The molecule has 0 fully saturated rings. The third-order valence-corrected chi connectivity index (χ3v) is 4.19. The van der Waals surface area contributed by atoms with Gasteiger partial charge in [0.1, 0.15) is 11.7 Å². The first-order valence-corrected chi connectivity index (χ1v) is 8.32. The molecule has 0 aliphatic rings. The number of rotatable bonds is 5. The number of ether oxygens (including phenoxy) is 1. The third-order valence-electron chi connectivity index (χ3n) is 3.66. The molecule has 1 heterocycles. The van der Waals surface area contributed by atoms with E-state index in [0.29, 0.717) is 18.9 Å². The molecule has 1 N–H and O–H groups in total. The van der Waals surface area contributed by atoms with Crippen LogP contribution in [0.3, 0.4) is 0 Å². The van der Waals surface area contributed by atoms with Crippen molar-refractivity contribution in [3.05, 3.63) is 64.4 Å². The standard InChI is InChI=1S/C18H17BrN2O2/c1-2-23-18(22)14(11-12-7-9-13(19)10-8-12)17-20-15-5-3-4-6-16(15)21-17/h3-10,14H,2,11H2,1H3,(H,20,21)/t14-/m1/s1. The number of hydrogen-bond donors (Lipinski definition) is 1. The van der Waals surface area contributed by atoms with E-state index in [2.05, 4.69) is 25.9 Å². The van der Waals surface area contributed by atoms with E-state index in [0.717, 1.165) is 21.1 Å². The second-order valence-corrected chi connectivity index (χ2v) is 6.19. The molecule has 0 radical (unpaired) electrons. The summed E-state index contributed by atoms with van der Waals surface area (Å²) < 4.78 is 6.25. The molecule has 2 aromatic carbocycles. The zero-order valence-corrected chi connectivity index (χ0v) is 14.3. The van der Waals surface area contributed by atoms with Crippen LogP contribution in [0.5, 0.6) is 0 Å². The fourth-order valence-corrected chi connectivity index (χ4v) is 2.79. The number of benzene rings is 2. The summed E-state index contributed by atoms with van der Waals surface area (Å²) in [6.45, 7) is 2.17. The summed E-state index contributed by atoms with van der Waals surface area (Å²) in [5.41, 5.74) is 2.84. The number of hydrogen-bond acceptors (Lipinski definition) is 3. The average molecular weight is 373 g/mol. The topological polar surface area (TPSA) is 55.0 Å². The van der Waals surface area contributed by atoms with Crippen molar-refractivity contribution < 1.29 is 9.53 Å². The monoisotopic (exact) mass is 372 g/mol. The lowest BCUT2D eigenvalue weighted by Crippen LogP contribution is -2.19. The van der Waals surface area contributed by atoms with Gasteiger partial charge in [-0.05, 0) is 43.2 Å². The van der Waals surface area contributed by atoms with Crippen molar-refractivity contribution in [2.75, 3.05) is 6.61 Å². The molecule has 5 heteroatoms. The number of aromatic amines is 1. The molecule has 3 aromatic rings. The number of esters is 1. The summed E-state index contributed by atoms with van der Waals surface area (Å²) in [5, 5.41) is 0. The maximum Gasteiger partial charge on any atom is 0.316 e. The van der Waals surface area contributed by atoms with E-state index < -0.39 is 5.92 Å². The lowest BCUT2D eigenvalue weighted by atomic mass is 9.99. The third kappa shape index (κ3) is 3.62. The van der Waals surface area contributed by atoms with Gasteiger partial charge in [0, 0.05) is 4.47 Å². The van der Waals surface area contributed by atoms with Crippen LogP contribution in [0.15, 0.2) is 53.0 Å². The van der Waals surface area contributed by atoms with Crippen molar-refractivity contribution >= 4 is 32.9 Å². The molecule has 4 nitrogen and oxygen atoms in total. The van der Waals surface area contributed by atoms with E-state index >= 15 is 0 Å². The highest BCUT2D eigenvalue weighted by atomic mass is 79.9. The van der Waals surface area contributed by atoms with E-state index in [1.807, 2.05) is 55.5 Å². The van der Waals surface area contributed by atoms with Crippen molar-refractivity contribution in [3.8, 4) is 0 Å². The van der Waals surface area contributed by atoms with Gasteiger partial charge in [-0.1, -0.05) is 40.2 Å². The van der Waals surface area contributed by atoms with Crippen molar-refractivity contribution in [1.29, 1.82) is 0 Å². The Labute approximate surface area is 143 Å². The minimum atomic E-state index is -0.441. The molecule has 0 spiro atoms. The van der Waals surface area contributed by atoms with Crippen LogP contribution in [0, 0.1) is 0 Å². The first-order chi connectivity index (χ1) is 11.2. The summed E-state index contributed by atoms with van der Waals surface area (Å²) in [4.78, 5) is 20.2. The molecular formula is C18H17BrN2O2. The second-order valence-electron chi connectivity index (χ2n) is 5.27. The maximum absolute atomic E-state index is 12.4. The van der Waals surface area contributed by atoms with Crippen LogP contribution in [-0.2, 0) is 16.0 Å². The van der Waals surface area contributed by atoms with Gasteiger partial charge in [-0.3, -0.25) is 4.79 Å². The summed E-state index contributed by atoms with van der Waals surface area (Å²) in [7, 11) is 0. The number of nitrogens with one attached hydrogen (secondary N) is 1. The molecule has 0 unspecified atom stereocenters. The van der Waals surface area contributed by atoms with Gasteiger partial charge >= 0.3 is 5.97 Å². The van der Waals surface area contributed by atoms with Crippen molar-refractivity contribution in [2.45, 2.75) is 19.3 Å². The maximum atomic E-state index is 12.4. The van der Waals surface area contributed by atoms with Crippen molar-refractivity contribution in [2.24, 2.45) is 0 Å². The number of aromatic nitrogens is 2. The molecule has 0 saturated heterocycles. The van der Waals surface area contributed by atoms with E-state index in [4.69, 9.17) is 4.74 Å². The van der Waals surface area contributed by atoms with Crippen LogP contribution >= 0.6 is 15.9 Å². The minimum Gasteiger partial charge on any atom is -0.465 e. The van der Waals surface area contributed by atoms with Gasteiger partial charge in [-0.2, -0.15) is 0 Å². The number of carbonyl (C=O) groups is 1. The highest BCUT2D eigenvalue weighted by Gasteiger charge is 2.25. The van der Waals surface area contributed by atoms with Crippen LogP contribution in [0.25, 0.3) is 11.0 Å². The Morgan fingerprint density at radius 1 is 1.22 bits per heavy atom. The largest absolute Gasteiger partial charge is 0.465 e. The average Bonchev–Trinajstić information content (AvgIpc) is 2.98. The molecule has 3 rings (SSSR count). The van der Waals surface area contributed by atoms with Crippen LogP contribution < -0.4 is 0 Å². The molecule has 118 valence electrons. The van der Waals surface area contributed by atoms with Gasteiger partial charge < -0.3 is 9.72 Å². The highest BCUT2D eigenvalue weighted by molar-refractivity contribution is 9.10. The smallest absolute Gasteiger partial charge is 0.316 e. The van der Waals surface area contributed by atoms with Gasteiger partial charge in [0.15, 0.2) is 0 Å². The van der Waals surface area contributed by atoms with Crippen LogP contribution in [0.4, 0.5) is 0 Å². The zero-order chi connectivity index (χ0) is 16.2.